The normalized spacial score (nSPS) is 15.9. The zero-order chi connectivity index (χ0) is 15.1. The summed E-state index contributed by atoms with van der Waals surface area (Å²) in [7, 11) is 1.85. The van der Waals surface area contributed by atoms with Crippen LogP contribution in [-0.2, 0) is 16.1 Å². The number of ether oxygens (including phenoxy) is 1. The molecule has 0 aromatic heterocycles. The molecule has 23 heavy (non-hydrogen) atoms. The minimum absolute atomic E-state index is 0. The zero-order valence-electron chi connectivity index (χ0n) is 13.7. The van der Waals surface area contributed by atoms with Crippen LogP contribution in [0.2, 0.25) is 0 Å². The van der Waals surface area contributed by atoms with Crippen molar-refractivity contribution in [1.29, 1.82) is 0 Å². The van der Waals surface area contributed by atoms with Crippen LogP contribution in [0.1, 0.15) is 12.5 Å². The summed E-state index contributed by atoms with van der Waals surface area (Å²) in [6.45, 7) is 7.14. The third-order valence-electron chi connectivity index (χ3n) is 3.69. The molecule has 5 nitrogen and oxygen atoms in total. The van der Waals surface area contributed by atoms with Crippen LogP contribution in [0.3, 0.4) is 0 Å². The van der Waals surface area contributed by atoms with E-state index in [-0.39, 0.29) is 36.6 Å². The molecule has 0 aliphatic carbocycles. The highest BCUT2D eigenvalue weighted by Gasteiger charge is 2.13. The SMILES string of the molecule is CNCC(C)C(=O)Nc1ccc(CN2CCOCC2)cc1.Cl.Cl. The molecule has 2 rings (SSSR count). The topological polar surface area (TPSA) is 53.6 Å². The third kappa shape index (κ3) is 7.50. The van der Waals surface area contributed by atoms with Gasteiger partial charge in [-0.2, -0.15) is 0 Å². The van der Waals surface area contributed by atoms with Crippen LogP contribution in [0.15, 0.2) is 24.3 Å². The average molecular weight is 364 g/mol. The molecule has 1 saturated heterocycles. The van der Waals surface area contributed by atoms with Crippen molar-refractivity contribution in [3.63, 3.8) is 0 Å². The Kier molecular flexibility index (Phi) is 11.2. The molecule has 2 N–H and O–H groups in total. The minimum atomic E-state index is -0.0389. The number of carbonyl (C=O) groups excluding carboxylic acids is 1. The van der Waals surface area contributed by atoms with Gasteiger partial charge in [-0.25, -0.2) is 0 Å². The Labute approximate surface area is 151 Å². The first-order chi connectivity index (χ1) is 10.2. The van der Waals surface area contributed by atoms with Gasteiger partial charge in [0.15, 0.2) is 0 Å². The van der Waals surface area contributed by atoms with Gasteiger partial charge in [0.2, 0.25) is 5.91 Å². The summed E-state index contributed by atoms with van der Waals surface area (Å²) >= 11 is 0. The average Bonchev–Trinajstić information content (AvgIpc) is 2.50. The van der Waals surface area contributed by atoms with Crippen molar-refractivity contribution in [3.05, 3.63) is 29.8 Å². The largest absolute Gasteiger partial charge is 0.379 e. The molecule has 0 saturated carbocycles. The van der Waals surface area contributed by atoms with Crippen molar-refractivity contribution in [2.24, 2.45) is 5.92 Å². The van der Waals surface area contributed by atoms with Crippen LogP contribution in [0, 0.1) is 5.92 Å². The Morgan fingerprint density at radius 3 is 2.39 bits per heavy atom. The summed E-state index contributed by atoms with van der Waals surface area (Å²) in [5.41, 5.74) is 2.12. The van der Waals surface area contributed by atoms with E-state index in [1.165, 1.54) is 5.56 Å². The molecular formula is C16H27Cl2N3O2. The quantitative estimate of drug-likeness (QED) is 0.812. The van der Waals surface area contributed by atoms with Crippen LogP contribution >= 0.6 is 24.8 Å². The molecule has 1 heterocycles. The predicted molar refractivity (Wildman–Crippen MR) is 98.8 cm³/mol. The summed E-state index contributed by atoms with van der Waals surface area (Å²) in [4.78, 5) is 14.3. The third-order valence-corrected chi connectivity index (χ3v) is 3.69. The number of hydrogen-bond acceptors (Lipinski definition) is 4. The van der Waals surface area contributed by atoms with Crippen LogP contribution in [-0.4, -0.2) is 50.7 Å². The minimum Gasteiger partial charge on any atom is -0.379 e. The Morgan fingerprint density at radius 2 is 1.83 bits per heavy atom. The van der Waals surface area contributed by atoms with Crippen molar-refractivity contribution in [2.75, 3.05) is 45.2 Å². The lowest BCUT2D eigenvalue weighted by Gasteiger charge is -2.26. The number of carbonyl (C=O) groups is 1. The Morgan fingerprint density at radius 1 is 1.22 bits per heavy atom. The molecule has 1 aromatic carbocycles. The summed E-state index contributed by atoms with van der Waals surface area (Å²) in [6.07, 6.45) is 0. The van der Waals surface area contributed by atoms with E-state index in [1.54, 1.807) is 0 Å². The maximum atomic E-state index is 11.9. The molecule has 1 aliphatic heterocycles. The van der Waals surface area contributed by atoms with Crippen LogP contribution in [0.5, 0.6) is 0 Å². The smallest absolute Gasteiger partial charge is 0.228 e. The number of amides is 1. The van der Waals surface area contributed by atoms with Crippen molar-refractivity contribution in [2.45, 2.75) is 13.5 Å². The second kappa shape index (κ2) is 11.6. The van der Waals surface area contributed by atoms with Crippen molar-refractivity contribution in [1.82, 2.24) is 10.2 Å². The maximum absolute atomic E-state index is 11.9. The lowest BCUT2D eigenvalue weighted by atomic mass is 10.1. The van der Waals surface area contributed by atoms with E-state index in [9.17, 15) is 4.79 Å². The van der Waals surface area contributed by atoms with E-state index in [4.69, 9.17) is 4.74 Å². The lowest BCUT2D eigenvalue weighted by molar-refractivity contribution is -0.119. The molecule has 1 amide bonds. The van der Waals surface area contributed by atoms with E-state index in [2.05, 4.69) is 27.7 Å². The fourth-order valence-corrected chi connectivity index (χ4v) is 2.38. The number of halogens is 2. The Hall–Kier alpha value is -0.850. The summed E-state index contributed by atoms with van der Waals surface area (Å²) in [5, 5.41) is 5.96. The Balaban J connectivity index is 0.00000242. The Bertz CT molecular complexity index is 451. The number of anilines is 1. The molecule has 0 radical (unpaired) electrons. The first-order valence-corrected chi connectivity index (χ1v) is 7.53. The molecule has 0 spiro atoms. The van der Waals surface area contributed by atoms with Gasteiger partial charge in [0, 0.05) is 37.8 Å². The van der Waals surface area contributed by atoms with Crippen molar-refractivity contribution in [3.8, 4) is 0 Å². The molecule has 1 aromatic rings. The van der Waals surface area contributed by atoms with E-state index in [0.29, 0.717) is 6.54 Å². The van der Waals surface area contributed by atoms with Crippen LogP contribution in [0.25, 0.3) is 0 Å². The molecule has 1 aliphatic rings. The predicted octanol–water partition coefficient (Wildman–Crippen LogP) is 2.16. The van der Waals surface area contributed by atoms with Gasteiger partial charge in [-0.3, -0.25) is 9.69 Å². The first kappa shape index (κ1) is 22.1. The van der Waals surface area contributed by atoms with Gasteiger partial charge in [0.1, 0.15) is 0 Å². The van der Waals surface area contributed by atoms with Gasteiger partial charge in [-0.15, -0.1) is 24.8 Å². The number of nitrogens with one attached hydrogen (secondary N) is 2. The molecule has 132 valence electrons. The molecule has 7 heteroatoms. The van der Waals surface area contributed by atoms with E-state index in [1.807, 2.05) is 26.1 Å². The summed E-state index contributed by atoms with van der Waals surface area (Å²) in [5.74, 6) is 0.00769. The van der Waals surface area contributed by atoms with Gasteiger partial charge in [-0.1, -0.05) is 19.1 Å². The highest BCUT2D eigenvalue weighted by atomic mass is 35.5. The fraction of sp³-hybridized carbons (Fsp3) is 0.562. The monoisotopic (exact) mass is 363 g/mol. The van der Waals surface area contributed by atoms with Crippen molar-refractivity contribution >= 4 is 36.4 Å². The standard InChI is InChI=1S/C16H25N3O2.2ClH/c1-13(11-17-2)16(20)18-15-5-3-14(4-6-15)12-19-7-9-21-10-8-19;;/h3-6,13,17H,7-12H2,1-2H3,(H,18,20);2*1H. The number of benzene rings is 1. The van der Waals surface area contributed by atoms with Gasteiger partial charge in [-0.05, 0) is 24.7 Å². The van der Waals surface area contributed by atoms with Gasteiger partial charge in [0.05, 0.1) is 13.2 Å². The zero-order valence-corrected chi connectivity index (χ0v) is 15.3. The summed E-state index contributed by atoms with van der Waals surface area (Å²) in [6, 6.07) is 8.10. The number of morpholine rings is 1. The maximum Gasteiger partial charge on any atom is 0.228 e. The molecule has 1 atom stereocenters. The van der Waals surface area contributed by atoms with Gasteiger partial charge >= 0.3 is 0 Å². The lowest BCUT2D eigenvalue weighted by Crippen LogP contribution is -2.35. The van der Waals surface area contributed by atoms with Gasteiger partial charge < -0.3 is 15.4 Å². The number of rotatable bonds is 6. The number of nitrogens with zero attached hydrogens (tertiary/aromatic N) is 1. The van der Waals surface area contributed by atoms with Crippen LogP contribution in [0.4, 0.5) is 5.69 Å². The fourth-order valence-electron chi connectivity index (χ4n) is 2.38. The number of hydrogen-bond donors (Lipinski definition) is 2. The van der Waals surface area contributed by atoms with E-state index < -0.39 is 0 Å². The van der Waals surface area contributed by atoms with Gasteiger partial charge in [0.25, 0.3) is 0 Å². The molecule has 1 fully saturated rings. The highest BCUT2D eigenvalue weighted by Crippen LogP contribution is 2.13. The second-order valence-corrected chi connectivity index (χ2v) is 5.53. The second-order valence-electron chi connectivity index (χ2n) is 5.53. The molecular weight excluding hydrogens is 337 g/mol. The van der Waals surface area contributed by atoms with E-state index in [0.717, 1.165) is 38.5 Å². The molecule has 1 unspecified atom stereocenters. The van der Waals surface area contributed by atoms with Crippen molar-refractivity contribution < 1.29 is 9.53 Å². The molecule has 0 bridgehead atoms. The van der Waals surface area contributed by atoms with E-state index >= 15 is 0 Å². The summed E-state index contributed by atoms with van der Waals surface area (Å²) < 4.78 is 5.35. The first-order valence-electron chi connectivity index (χ1n) is 7.53. The van der Waals surface area contributed by atoms with Crippen LogP contribution < -0.4 is 10.6 Å². The highest BCUT2D eigenvalue weighted by molar-refractivity contribution is 5.92.